The SMILES string of the molecule is O=[N+]([O-])c1cc2c(c([N+](=O)[O-])c1)-c1c(cc([N+](=O)[O-])cc1[N+](=O)[O-])C2=Cc1ccccc1O. The molecular formula is C20H10N4O9. The second-order valence-electron chi connectivity index (χ2n) is 6.92. The fraction of sp³-hybridized carbons (Fsp3) is 0. The first-order valence-electron chi connectivity index (χ1n) is 9.04. The summed E-state index contributed by atoms with van der Waals surface area (Å²) >= 11 is 0. The van der Waals surface area contributed by atoms with Crippen LogP contribution in [0.15, 0.2) is 48.5 Å². The van der Waals surface area contributed by atoms with Gasteiger partial charge in [0.2, 0.25) is 0 Å². The quantitative estimate of drug-likeness (QED) is 0.334. The third-order valence-corrected chi connectivity index (χ3v) is 5.09. The van der Waals surface area contributed by atoms with Gasteiger partial charge in [0, 0.05) is 28.8 Å². The second kappa shape index (κ2) is 7.49. The van der Waals surface area contributed by atoms with Crippen LogP contribution in [0.1, 0.15) is 16.7 Å². The highest BCUT2D eigenvalue weighted by Crippen LogP contribution is 2.55. The van der Waals surface area contributed by atoms with Gasteiger partial charge in [-0.2, -0.15) is 0 Å². The zero-order chi connectivity index (χ0) is 24.0. The molecule has 13 heteroatoms. The molecule has 164 valence electrons. The molecule has 0 bridgehead atoms. The maximum Gasteiger partial charge on any atom is 0.284 e. The predicted molar refractivity (Wildman–Crippen MR) is 114 cm³/mol. The van der Waals surface area contributed by atoms with Crippen molar-refractivity contribution >= 4 is 34.4 Å². The number of nitro groups is 4. The van der Waals surface area contributed by atoms with Gasteiger partial charge in [-0.25, -0.2) is 0 Å². The van der Waals surface area contributed by atoms with Crippen LogP contribution < -0.4 is 0 Å². The van der Waals surface area contributed by atoms with Crippen molar-refractivity contribution in [3.63, 3.8) is 0 Å². The van der Waals surface area contributed by atoms with E-state index in [0.717, 1.165) is 12.1 Å². The first-order chi connectivity index (χ1) is 15.6. The van der Waals surface area contributed by atoms with Crippen LogP contribution in [0, 0.1) is 40.5 Å². The normalized spacial score (nSPS) is 11.5. The Morgan fingerprint density at radius 1 is 0.667 bits per heavy atom. The zero-order valence-electron chi connectivity index (χ0n) is 16.2. The van der Waals surface area contributed by atoms with Gasteiger partial charge in [-0.3, -0.25) is 40.5 Å². The van der Waals surface area contributed by atoms with E-state index in [1.54, 1.807) is 6.07 Å². The summed E-state index contributed by atoms with van der Waals surface area (Å²) in [5.41, 5.74) is -3.36. The average Bonchev–Trinajstić information content (AvgIpc) is 3.07. The van der Waals surface area contributed by atoms with Crippen molar-refractivity contribution in [3.8, 4) is 16.9 Å². The van der Waals surface area contributed by atoms with Crippen LogP contribution in [0.2, 0.25) is 0 Å². The van der Waals surface area contributed by atoms with Gasteiger partial charge in [-0.05, 0) is 17.7 Å². The van der Waals surface area contributed by atoms with E-state index in [-0.39, 0.29) is 39.1 Å². The summed E-state index contributed by atoms with van der Waals surface area (Å²) in [6.45, 7) is 0. The fourth-order valence-corrected chi connectivity index (χ4v) is 3.74. The van der Waals surface area contributed by atoms with E-state index < -0.39 is 42.4 Å². The monoisotopic (exact) mass is 450 g/mol. The number of phenolic OH excluding ortho intramolecular Hbond substituents is 1. The summed E-state index contributed by atoms with van der Waals surface area (Å²) in [4.78, 5) is 42.8. The summed E-state index contributed by atoms with van der Waals surface area (Å²) in [5.74, 6) is -0.208. The molecule has 33 heavy (non-hydrogen) atoms. The maximum absolute atomic E-state index is 11.8. The van der Waals surface area contributed by atoms with E-state index in [0.29, 0.717) is 12.1 Å². The van der Waals surface area contributed by atoms with E-state index in [1.807, 2.05) is 0 Å². The Kier molecular flexibility index (Phi) is 4.78. The first kappa shape index (κ1) is 21.0. The van der Waals surface area contributed by atoms with Crippen LogP contribution >= 0.6 is 0 Å². The summed E-state index contributed by atoms with van der Waals surface area (Å²) in [6, 6.07) is 9.27. The molecule has 0 atom stereocenters. The van der Waals surface area contributed by atoms with Crippen molar-refractivity contribution in [2.45, 2.75) is 0 Å². The lowest BCUT2D eigenvalue weighted by molar-refractivity contribution is -0.395. The number of rotatable bonds is 5. The largest absolute Gasteiger partial charge is 0.507 e. The highest BCUT2D eigenvalue weighted by atomic mass is 16.6. The predicted octanol–water partition coefficient (Wildman–Crippen LogP) is 4.59. The Bertz CT molecular complexity index is 1360. The topological polar surface area (TPSA) is 193 Å². The average molecular weight is 450 g/mol. The number of benzene rings is 3. The summed E-state index contributed by atoms with van der Waals surface area (Å²) in [5, 5.41) is 56.5. The Morgan fingerprint density at radius 3 is 1.52 bits per heavy atom. The molecule has 3 aromatic rings. The van der Waals surface area contributed by atoms with E-state index in [9.17, 15) is 45.6 Å². The lowest BCUT2D eigenvalue weighted by atomic mass is 9.99. The molecule has 0 saturated carbocycles. The van der Waals surface area contributed by atoms with Gasteiger partial charge >= 0.3 is 0 Å². The second-order valence-corrected chi connectivity index (χ2v) is 6.92. The van der Waals surface area contributed by atoms with Gasteiger partial charge < -0.3 is 5.11 Å². The fourth-order valence-electron chi connectivity index (χ4n) is 3.74. The number of fused-ring (bicyclic) bond motifs is 3. The molecular weight excluding hydrogens is 440 g/mol. The standard InChI is InChI=1S/C20H10N4O9/c25-18-4-2-1-3-10(18)5-13-14-6-11(21(26)27)8-16(23(30)31)19(14)20-15(13)7-12(22(28)29)9-17(20)24(32)33/h1-9,25H. The number of para-hydroxylation sites is 1. The first-order valence-corrected chi connectivity index (χ1v) is 9.04. The van der Waals surface area contributed by atoms with Crippen molar-refractivity contribution in [1.82, 2.24) is 0 Å². The van der Waals surface area contributed by atoms with E-state index in [1.165, 1.54) is 24.3 Å². The third kappa shape index (κ3) is 3.38. The number of nitro benzene ring substituents is 4. The Labute approximate surface area is 182 Å². The van der Waals surface area contributed by atoms with Crippen LogP contribution in [0.3, 0.4) is 0 Å². The van der Waals surface area contributed by atoms with Crippen molar-refractivity contribution < 1.29 is 24.8 Å². The Balaban J connectivity index is 2.21. The minimum Gasteiger partial charge on any atom is -0.507 e. The van der Waals surface area contributed by atoms with Gasteiger partial charge in [0.05, 0.1) is 43.0 Å². The minimum absolute atomic E-state index is 0.0140. The van der Waals surface area contributed by atoms with Gasteiger partial charge in [-0.15, -0.1) is 0 Å². The molecule has 1 aliphatic carbocycles. The number of aromatic hydroxyl groups is 1. The smallest absolute Gasteiger partial charge is 0.284 e. The highest BCUT2D eigenvalue weighted by Gasteiger charge is 2.40. The molecule has 0 aliphatic heterocycles. The number of hydrogen-bond acceptors (Lipinski definition) is 9. The van der Waals surface area contributed by atoms with Gasteiger partial charge in [0.1, 0.15) is 5.75 Å². The van der Waals surface area contributed by atoms with Gasteiger partial charge in [-0.1, -0.05) is 18.2 Å². The van der Waals surface area contributed by atoms with Crippen LogP contribution in [0.25, 0.3) is 22.8 Å². The summed E-state index contributed by atoms with van der Waals surface area (Å²) < 4.78 is 0. The third-order valence-electron chi connectivity index (χ3n) is 5.09. The number of hydrogen-bond donors (Lipinski definition) is 1. The van der Waals surface area contributed by atoms with Crippen LogP contribution in [0.4, 0.5) is 22.7 Å². The summed E-state index contributed by atoms with van der Waals surface area (Å²) in [6.07, 6.45) is 1.31. The molecule has 1 aliphatic rings. The molecule has 0 saturated heterocycles. The molecule has 0 aromatic heterocycles. The number of phenols is 1. The molecule has 13 nitrogen and oxygen atoms in total. The van der Waals surface area contributed by atoms with Crippen LogP contribution in [-0.2, 0) is 0 Å². The Morgan fingerprint density at radius 2 is 1.12 bits per heavy atom. The minimum atomic E-state index is -0.913. The highest BCUT2D eigenvalue weighted by molar-refractivity contribution is 6.12. The molecule has 0 unspecified atom stereocenters. The number of non-ortho nitro benzene ring substituents is 2. The molecule has 0 fully saturated rings. The van der Waals surface area contributed by atoms with E-state index in [4.69, 9.17) is 0 Å². The molecule has 0 radical (unpaired) electrons. The molecule has 0 spiro atoms. The van der Waals surface area contributed by atoms with Crippen molar-refractivity contribution in [2.75, 3.05) is 0 Å². The van der Waals surface area contributed by atoms with Crippen molar-refractivity contribution in [2.24, 2.45) is 0 Å². The number of nitrogens with zero attached hydrogens (tertiary/aromatic N) is 4. The Hall–Kier alpha value is -5.20. The lowest BCUT2D eigenvalue weighted by Crippen LogP contribution is -1.99. The maximum atomic E-state index is 11.8. The molecule has 3 aromatic carbocycles. The summed E-state index contributed by atoms with van der Waals surface area (Å²) in [7, 11) is 0. The van der Waals surface area contributed by atoms with E-state index in [2.05, 4.69) is 0 Å². The van der Waals surface area contributed by atoms with E-state index >= 15 is 0 Å². The van der Waals surface area contributed by atoms with Crippen LogP contribution in [0.5, 0.6) is 5.75 Å². The molecule has 0 heterocycles. The molecule has 0 amide bonds. The van der Waals surface area contributed by atoms with Gasteiger partial charge in [0.25, 0.3) is 22.7 Å². The van der Waals surface area contributed by atoms with Crippen molar-refractivity contribution in [3.05, 3.63) is 106 Å². The molecule has 1 N–H and O–H groups in total. The zero-order valence-corrected chi connectivity index (χ0v) is 16.2. The van der Waals surface area contributed by atoms with Crippen LogP contribution in [-0.4, -0.2) is 24.8 Å². The molecule has 4 rings (SSSR count). The lowest BCUT2D eigenvalue weighted by Gasteiger charge is -2.05. The van der Waals surface area contributed by atoms with Crippen molar-refractivity contribution in [1.29, 1.82) is 0 Å². The van der Waals surface area contributed by atoms with Gasteiger partial charge in [0.15, 0.2) is 0 Å².